The molecule has 0 aliphatic carbocycles. The van der Waals surface area contributed by atoms with Crippen molar-refractivity contribution in [2.24, 2.45) is 5.92 Å². The average molecular weight is 518 g/mol. The summed E-state index contributed by atoms with van der Waals surface area (Å²) in [7, 11) is -3.40. The number of aliphatic carboxylic acids is 1. The second kappa shape index (κ2) is 10.6. The van der Waals surface area contributed by atoms with Crippen molar-refractivity contribution < 1.29 is 36.3 Å². The third-order valence-corrected chi connectivity index (χ3v) is 8.17. The Hall–Kier alpha value is -2.60. The Bertz CT molecular complexity index is 1200. The van der Waals surface area contributed by atoms with Crippen LogP contribution in [0.1, 0.15) is 54.7 Å². The maximum absolute atomic E-state index is 13.0. The van der Waals surface area contributed by atoms with Crippen LogP contribution in [0, 0.1) is 5.92 Å². The monoisotopic (exact) mass is 517 g/mol. The van der Waals surface area contributed by atoms with E-state index in [1.165, 1.54) is 0 Å². The van der Waals surface area contributed by atoms with E-state index >= 15 is 0 Å². The Kier molecular flexibility index (Phi) is 8.15. The van der Waals surface area contributed by atoms with Gasteiger partial charge < -0.3 is 15.3 Å². The normalized spacial score (nSPS) is 17.0. The number of piperidine rings is 1. The largest absolute Gasteiger partial charge is 0.490 e. The van der Waals surface area contributed by atoms with Gasteiger partial charge in [-0.2, -0.15) is 13.2 Å². The Morgan fingerprint density at radius 1 is 1.20 bits per heavy atom. The molecule has 12 heteroatoms. The topological polar surface area (TPSA) is 109 Å². The smallest absolute Gasteiger partial charge is 0.475 e. The number of amides is 1. The molecule has 2 N–H and O–H groups in total. The molecule has 1 aromatic heterocycles. The highest BCUT2D eigenvalue weighted by Gasteiger charge is 2.38. The summed E-state index contributed by atoms with van der Waals surface area (Å²) in [6, 6.07) is 5.51. The van der Waals surface area contributed by atoms with Gasteiger partial charge in [0.25, 0.3) is 5.91 Å². The summed E-state index contributed by atoms with van der Waals surface area (Å²) in [6.45, 7) is 7.11. The summed E-state index contributed by atoms with van der Waals surface area (Å²) in [5.74, 6) is -1.91. The first-order valence-corrected chi connectivity index (χ1v) is 13.2. The van der Waals surface area contributed by atoms with Crippen molar-refractivity contribution in [2.75, 3.05) is 25.4 Å². The van der Waals surface area contributed by atoms with E-state index in [0.29, 0.717) is 36.4 Å². The predicted octanol–water partition coefficient (Wildman–Crippen LogP) is 3.38. The summed E-state index contributed by atoms with van der Waals surface area (Å²) in [5.41, 5.74) is 3.24. The molecule has 0 spiro atoms. The van der Waals surface area contributed by atoms with Gasteiger partial charge in [-0.3, -0.25) is 4.79 Å². The van der Waals surface area contributed by atoms with Gasteiger partial charge >= 0.3 is 12.1 Å². The van der Waals surface area contributed by atoms with E-state index in [1.54, 1.807) is 10.0 Å². The molecule has 0 unspecified atom stereocenters. The van der Waals surface area contributed by atoms with E-state index in [2.05, 4.69) is 12.2 Å². The summed E-state index contributed by atoms with van der Waals surface area (Å²) in [4.78, 5) is 23.8. The molecule has 0 saturated carbocycles. The predicted molar refractivity (Wildman–Crippen MR) is 125 cm³/mol. The zero-order valence-electron chi connectivity index (χ0n) is 19.7. The molecule has 0 bridgehead atoms. The van der Waals surface area contributed by atoms with Crippen LogP contribution in [-0.2, 0) is 27.8 Å². The summed E-state index contributed by atoms with van der Waals surface area (Å²) < 4.78 is 59.2. The molecular weight excluding hydrogens is 487 g/mol. The first-order valence-electron chi connectivity index (χ1n) is 11.6. The summed E-state index contributed by atoms with van der Waals surface area (Å²) >= 11 is 0. The number of halogens is 3. The number of rotatable bonds is 4. The molecule has 1 amide bonds. The Labute approximate surface area is 202 Å². The van der Waals surface area contributed by atoms with E-state index in [9.17, 15) is 26.4 Å². The minimum atomic E-state index is -5.08. The van der Waals surface area contributed by atoms with Crippen molar-refractivity contribution in [1.82, 2.24) is 14.2 Å². The molecule has 0 atom stereocenters. The maximum atomic E-state index is 13.0. The molecule has 2 aliphatic rings. The lowest BCUT2D eigenvalue weighted by Crippen LogP contribution is -2.37. The second-order valence-electron chi connectivity index (χ2n) is 8.94. The van der Waals surface area contributed by atoms with Gasteiger partial charge in [0.2, 0.25) is 10.0 Å². The standard InChI is InChI=1S/C21H29N3O3S.C2HF3O2/c1-3-12-28(26,27)24-19-5-4-16(21(25)23-10-7-15(2)8-11-23)13-17(19)18-14-22-9-6-20(18)24;3-2(4,5)1(6)7/h4-5,13,15,22H,3,6-12,14H2,1-2H3;(H,6,7). The third-order valence-electron chi connectivity index (χ3n) is 6.27. The van der Waals surface area contributed by atoms with E-state index in [0.717, 1.165) is 49.1 Å². The van der Waals surface area contributed by atoms with E-state index in [4.69, 9.17) is 9.90 Å². The number of carbonyl (C=O) groups excluding carboxylic acids is 1. The molecule has 2 aromatic rings. The number of aromatic nitrogens is 1. The number of likely N-dealkylation sites (tertiary alicyclic amines) is 1. The van der Waals surface area contributed by atoms with Gasteiger partial charge in [-0.05, 0) is 48.9 Å². The number of carbonyl (C=O) groups is 2. The number of carboxylic acid groups (broad SMARTS) is 1. The lowest BCUT2D eigenvalue weighted by molar-refractivity contribution is -0.192. The molecule has 194 valence electrons. The van der Waals surface area contributed by atoms with Crippen molar-refractivity contribution in [3.8, 4) is 0 Å². The highest BCUT2D eigenvalue weighted by atomic mass is 32.2. The first kappa shape index (κ1) is 27.0. The van der Waals surface area contributed by atoms with Crippen LogP contribution in [0.5, 0.6) is 0 Å². The Morgan fingerprint density at radius 2 is 1.83 bits per heavy atom. The van der Waals surface area contributed by atoms with Crippen LogP contribution in [0.4, 0.5) is 13.2 Å². The van der Waals surface area contributed by atoms with Crippen molar-refractivity contribution in [3.63, 3.8) is 0 Å². The number of alkyl halides is 3. The fraction of sp³-hybridized carbons (Fsp3) is 0.565. The van der Waals surface area contributed by atoms with Gasteiger partial charge in [0.1, 0.15) is 0 Å². The van der Waals surface area contributed by atoms with E-state index in [-0.39, 0.29) is 11.7 Å². The Morgan fingerprint density at radius 3 is 2.40 bits per heavy atom. The lowest BCUT2D eigenvalue weighted by atomic mass is 9.98. The number of hydrogen-bond acceptors (Lipinski definition) is 5. The lowest BCUT2D eigenvalue weighted by Gasteiger charge is -2.30. The van der Waals surface area contributed by atoms with Crippen molar-refractivity contribution >= 4 is 32.8 Å². The van der Waals surface area contributed by atoms with Gasteiger partial charge in [0.15, 0.2) is 0 Å². The first-order chi connectivity index (χ1) is 16.4. The molecule has 8 nitrogen and oxygen atoms in total. The number of benzene rings is 1. The zero-order chi connectivity index (χ0) is 26.0. The number of carboxylic acids is 1. The molecule has 2 aliphatic heterocycles. The van der Waals surface area contributed by atoms with Gasteiger partial charge in [-0.1, -0.05) is 13.8 Å². The van der Waals surface area contributed by atoms with Crippen molar-refractivity contribution in [3.05, 3.63) is 35.0 Å². The number of nitrogens with one attached hydrogen (secondary N) is 1. The van der Waals surface area contributed by atoms with Gasteiger partial charge in [0.05, 0.1) is 11.3 Å². The van der Waals surface area contributed by atoms with Crippen LogP contribution in [0.2, 0.25) is 0 Å². The molecule has 3 heterocycles. The summed E-state index contributed by atoms with van der Waals surface area (Å²) in [6.07, 6.45) is -1.74. The molecular formula is C23H30F3N3O5S. The quantitative estimate of drug-likeness (QED) is 0.644. The molecule has 1 saturated heterocycles. The molecule has 35 heavy (non-hydrogen) atoms. The third kappa shape index (κ3) is 5.97. The van der Waals surface area contributed by atoms with Crippen LogP contribution in [0.25, 0.3) is 10.9 Å². The highest BCUT2D eigenvalue weighted by molar-refractivity contribution is 7.90. The van der Waals surface area contributed by atoms with Gasteiger partial charge in [-0.25, -0.2) is 17.2 Å². The van der Waals surface area contributed by atoms with Gasteiger partial charge in [0, 0.05) is 49.2 Å². The number of fused-ring (bicyclic) bond motifs is 3. The number of hydrogen-bond donors (Lipinski definition) is 2. The van der Waals surface area contributed by atoms with Crippen LogP contribution in [0.15, 0.2) is 18.2 Å². The van der Waals surface area contributed by atoms with Crippen LogP contribution in [0.3, 0.4) is 0 Å². The fourth-order valence-corrected chi connectivity index (χ4v) is 6.14. The minimum absolute atomic E-state index is 0.0514. The Balaban J connectivity index is 0.000000429. The highest BCUT2D eigenvalue weighted by Crippen LogP contribution is 2.32. The molecule has 1 aromatic carbocycles. The molecule has 0 radical (unpaired) electrons. The van der Waals surface area contributed by atoms with E-state index in [1.807, 2.05) is 24.0 Å². The van der Waals surface area contributed by atoms with Crippen LogP contribution in [-0.4, -0.2) is 65.8 Å². The van der Waals surface area contributed by atoms with Crippen LogP contribution >= 0.6 is 0 Å². The van der Waals surface area contributed by atoms with Crippen molar-refractivity contribution in [1.29, 1.82) is 0 Å². The second-order valence-corrected chi connectivity index (χ2v) is 10.9. The number of nitrogens with zero attached hydrogens (tertiary/aromatic N) is 2. The van der Waals surface area contributed by atoms with E-state index < -0.39 is 22.2 Å². The fourth-order valence-electron chi connectivity index (χ4n) is 4.44. The average Bonchev–Trinajstić information content (AvgIpc) is 3.13. The minimum Gasteiger partial charge on any atom is -0.475 e. The SMILES string of the molecule is CCCS(=O)(=O)n1c2c(c3cc(C(=O)N4CCC(C)CC4)ccc31)CNCC2.O=C(O)C(F)(F)F. The van der Waals surface area contributed by atoms with Gasteiger partial charge in [-0.15, -0.1) is 0 Å². The molecule has 1 fully saturated rings. The van der Waals surface area contributed by atoms with Crippen LogP contribution < -0.4 is 5.32 Å². The molecule has 4 rings (SSSR count). The zero-order valence-corrected chi connectivity index (χ0v) is 20.5. The summed E-state index contributed by atoms with van der Waals surface area (Å²) in [5, 5.41) is 11.4. The van der Waals surface area contributed by atoms with Crippen molar-refractivity contribution in [2.45, 2.75) is 52.3 Å². The maximum Gasteiger partial charge on any atom is 0.490 e.